The largest absolute Gasteiger partial charge is 0.449 e. The normalized spacial score (nSPS) is 13.3. The van der Waals surface area contributed by atoms with Crippen molar-refractivity contribution in [2.75, 3.05) is 11.0 Å². The van der Waals surface area contributed by atoms with E-state index in [1.807, 2.05) is 0 Å². The molecule has 0 aliphatic heterocycles. The average molecular weight is 459 g/mol. The highest BCUT2D eigenvalue weighted by molar-refractivity contribution is 7.92. The van der Waals surface area contributed by atoms with Crippen molar-refractivity contribution in [3.05, 3.63) is 63.6 Å². The van der Waals surface area contributed by atoms with Crippen molar-refractivity contribution in [2.24, 2.45) is 0 Å². The molecule has 0 aliphatic carbocycles. The first-order valence-corrected chi connectivity index (χ1v) is 11.2. The van der Waals surface area contributed by atoms with Crippen LogP contribution in [0, 0.1) is 0 Å². The average Bonchev–Trinajstić information content (AvgIpc) is 2.60. The number of hydrogen-bond donors (Lipinski definition) is 2. The molecule has 2 N–H and O–H groups in total. The van der Waals surface area contributed by atoms with Crippen LogP contribution in [0.4, 0.5) is 5.69 Å². The van der Waals surface area contributed by atoms with E-state index in [9.17, 15) is 18.0 Å². The summed E-state index contributed by atoms with van der Waals surface area (Å²) >= 11 is 12.0. The van der Waals surface area contributed by atoms with Crippen LogP contribution in [0.15, 0.2) is 42.5 Å². The number of carbonyl (C=O) groups excluding carboxylic acids is 2. The summed E-state index contributed by atoms with van der Waals surface area (Å²) in [5.74, 6) is -1.37. The Labute approximate surface area is 179 Å². The first-order valence-electron chi connectivity index (χ1n) is 8.51. The van der Waals surface area contributed by atoms with E-state index < -0.39 is 34.0 Å². The van der Waals surface area contributed by atoms with Crippen molar-refractivity contribution in [3.63, 3.8) is 0 Å². The molecule has 0 unspecified atom stereocenters. The van der Waals surface area contributed by atoms with Gasteiger partial charge in [0.25, 0.3) is 5.91 Å². The van der Waals surface area contributed by atoms with Crippen molar-refractivity contribution in [3.8, 4) is 0 Å². The minimum atomic E-state index is -3.59. The maximum Gasteiger partial charge on any atom is 0.341 e. The molecule has 2 aromatic carbocycles. The van der Waals surface area contributed by atoms with E-state index in [0.717, 1.165) is 6.26 Å². The molecule has 10 heteroatoms. The van der Waals surface area contributed by atoms with E-state index in [4.69, 9.17) is 27.9 Å². The molecule has 0 aliphatic rings. The topological polar surface area (TPSA) is 102 Å². The van der Waals surface area contributed by atoms with E-state index in [1.54, 1.807) is 37.3 Å². The molecule has 0 saturated carbocycles. The lowest BCUT2D eigenvalue weighted by Gasteiger charge is -2.19. The third kappa shape index (κ3) is 6.62. The number of anilines is 1. The summed E-state index contributed by atoms with van der Waals surface area (Å²) in [7, 11) is -3.59. The van der Waals surface area contributed by atoms with E-state index in [2.05, 4.69) is 10.0 Å². The first kappa shape index (κ1) is 23.0. The number of nitrogens with one attached hydrogen (secondary N) is 2. The smallest absolute Gasteiger partial charge is 0.341 e. The molecule has 0 bridgehead atoms. The molecular formula is C19H20Cl2N2O5S. The van der Waals surface area contributed by atoms with Crippen LogP contribution in [0.5, 0.6) is 0 Å². The zero-order valence-electron chi connectivity index (χ0n) is 15.9. The van der Waals surface area contributed by atoms with Crippen LogP contribution in [0.3, 0.4) is 0 Å². The van der Waals surface area contributed by atoms with Gasteiger partial charge >= 0.3 is 5.97 Å². The summed E-state index contributed by atoms with van der Waals surface area (Å²) in [6, 6.07) is 10.4. The van der Waals surface area contributed by atoms with Gasteiger partial charge in [-0.05, 0) is 43.7 Å². The highest BCUT2D eigenvalue weighted by Crippen LogP contribution is 2.26. The fourth-order valence-corrected chi connectivity index (χ4v) is 3.64. The van der Waals surface area contributed by atoms with Gasteiger partial charge in [-0.1, -0.05) is 41.4 Å². The van der Waals surface area contributed by atoms with E-state index in [1.165, 1.54) is 19.1 Å². The number of sulfonamides is 1. The molecule has 0 fully saturated rings. The van der Waals surface area contributed by atoms with Crippen LogP contribution in [-0.2, 0) is 19.6 Å². The Kier molecular flexibility index (Phi) is 7.51. The van der Waals surface area contributed by atoms with Crippen molar-refractivity contribution in [2.45, 2.75) is 26.0 Å². The van der Waals surface area contributed by atoms with Gasteiger partial charge in [0.15, 0.2) is 6.10 Å². The maximum absolute atomic E-state index is 12.4. The van der Waals surface area contributed by atoms with Gasteiger partial charge in [-0.15, -0.1) is 0 Å². The molecule has 0 spiro atoms. The quantitative estimate of drug-likeness (QED) is 0.614. The van der Waals surface area contributed by atoms with Gasteiger partial charge in [0.1, 0.15) is 0 Å². The minimum Gasteiger partial charge on any atom is -0.449 e. The van der Waals surface area contributed by atoms with Gasteiger partial charge in [0.05, 0.1) is 23.5 Å². The van der Waals surface area contributed by atoms with Gasteiger partial charge < -0.3 is 10.1 Å². The number of hydrogen-bond acceptors (Lipinski definition) is 5. The van der Waals surface area contributed by atoms with Crippen LogP contribution in [0.1, 0.15) is 35.8 Å². The number of ether oxygens (including phenoxy) is 1. The lowest BCUT2D eigenvalue weighted by Crippen LogP contribution is -2.37. The predicted octanol–water partition coefficient (Wildman–Crippen LogP) is 3.79. The van der Waals surface area contributed by atoms with Crippen molar-refractivity contribution >= 4 is 50.8 Å². The van der Waals surface area contributed by atoms with Crippen LogP contribution >= 0.6 is 23.2 Å². The van der Waals surface area contributed by atoms with Gasteiger partial charge in [-0.2, -0.15) is 0 Å². The lowest BCUT2D eigenvalue weighted by molar-refractivity contribution is -0.129. The zero-order valence-corrected chi connectivity index (χ0v) is 18.2. The summed E-state index contributed by atoms with van der Waals surface area (Å²) in [5, 5.41) is 3.58. The number of carbonyl (C=O) groups is 2. The molecule has 0 aromatic heterocycles. The van der Waals surface area contributed by atoms with Crippen molar-refractivity contribution in [1.82, 2.24) is 5.32 Å². The number of amides is 1. The summed E-state index contributed by atoms with van der Waals surface area (Å²) in [4.78, 5) is 24.9. The Morgan fingerprint density at radius 2 is 1.72 bits per heavy atom. The van der Waals surface area contributed by atoms with Crippen LogP contribution < -0.4 is 10.0 Å². The first-order chi connectivity index (χ1) is 13.5. The number of halogens is 2. The maximum atomic E-state index is 12.4. The van der Waals surface area contributed by atoms with Gasteiger partial charge in [-0.3, -0.25) is 9.52 Å². The molecule has 29 heavy (non-hydrogen) atoms. The Balaban J connectivity index is 2.07. The van der Waals surface area contributed by atoms with Crippen molar-refractivity contribution < 1.29 is 22.7 Å². The fraction of sp³-hybridized carbons (Fsp3) is 0.263. The standard InChI is InChI=1S/C19H20Cl2N2O5S/c1-11(14-9-8-13(20)10-16(14)21)22-18(24)12(2)28-19(25)15-6-4-5-7-17(15)23-29(3,26)27/h4-12,23H,1-3H3,(H,22,24)/t11-,12+/m1/s1. The second kappa shape index (κ2) is 9.47. The minimum absolute atomic E-state index is 0.00799. The third-order valence-electron chi connectivity index (χ3n) is 3.88. The number of para-hydroxylation sites is 1. The van der Waals surface area contributed by atoms with E-state index in [-0.39, 0.29) is 11.3 Å². The number of benzene rings is 2. The molecule has 1 amide bonds. The lowest BCUT2D eigenvalue weighted by atomic mass is 10.1. The Morgan fingerprint density at radius 3 is 2.34 bits per heavy atom. The Bertz CT molecular complexity index is 1030. The number of esters is 1. The summed E-state index contributed by atoms with van der Waals surface area (Å²) in [6.45, 7) is 3.14. The van der Waals surface area contributed by atoms with Crippen molar-refractivity contribution in [1.29, 1.82) is 0 Å². The molecule has 0 saturated heterocycles. The molecule has 2 rings (SSSR count). The monoisotopic (exact) mass is 458 g/mol. The van der Waals surface area contributed by atoms with E-state index in [0.29, 0.717) is 15.6 Å². The fourth-order valence-electron chi connectivity index (χ4n) is 2.49. The highest BCUT2D eigenvalue weighted by atomic mass is 35.5. The molecule has 156 valence electrons. The second-order valence-corrected chi connectivity index (χ2v) is 8.96. The third-order valence-corrected chi connectivity index (χ3v) is 5.04. The molecule has 7 nitrogen and oxygen atoms in total. The number of rotatable bonds is 7. The molecule has 0 radical (unpaired) electrons. The molecule has 0 heterocycles. The summed E-state index contributed by atoms with van der Waals surface area (Å²) < 4.78 is 30.4. The SMILES string of the molecule is C[C@H](OC(=O)c1ccccc1NS(C)(=O)=O)C(=O)N[C@H](C)c1ccc(Cl)cc1Cl. The molecular weight excluding hydrogens is 439 g/mol. The van der Waals surface area contributed by atoms with Crippen LogP contribution in [0.2, 0.25) is 10.0 Å². The van der Waals surface area contributed by atoms with Gasteiger partial charge in [0.2, 0.25) is 10.0 Å². The Morgan fingerprint density at radius 1 is 1.07 bits per heavy atom. The van der Waals surface area contributed by atoms with Gasteiger partial charge in [-0.25, -0.2) is 13.2 Å². The predicted molar refractivity (Wildman–Crippen MR) is 113 cm³/mol. The Hall–Kier alpha value is -2.29. The van der Waals surface area contributed by atoms with Crippen LogP contribution in [0.25, 0.3) is 0 Å². The molecule has 2 aromatic rings. The van der Waals surface area contributed by atoms with E-state index >= 15 is 0 Å². The van der Waals surface area contributed by atoms with Gasteiger partial charge in [0, 0.05) is 10.0 Å². The van der Waals surface area contributed by atoms with Crippen LogP contribution in [-0.4, -0.2) is 32.7 Å². The molecule has 2 atom stereocenters. The summed E-state index contributed by atoms with van der Waals surface area (Å²) in [6.07, 6.45) is -0.156. The zero-order chi connectivity index (χ0) is 21.8. The second-order valence-electron chi connectivity index (χ2n) is 6.36. The summed E-state index contributed by atoms with van der Waals surface area (Å²) in [5.41, 5.74) is 0.714. The highest BCUT2D eigenvalue weighted by Gasteiger charge is 2.23.